The van der Waals surface area contributed by atoms with Gasteiger partial charge in [0.15, 0.2) is 0 Å². The topological polar surface area (TPSA) is 62.2 Å². The number of rotatable bonds is 4. The molecule has 3 unspecified atom stereocenters. The predicted octanol–water partition coefficient (Wildman–Crippen LogP) is 2.03. The zero-order valence-corrected chi connectivity index (χ0v) is 15.6. The van der Waals surface area contributed by atoms with E-state index in [2.05, 4.69) is 20.4 Å². The summed E-state index contributed by atoms with van der Waals surface area (Å²) in [5.41, 5.74) is 7.04. The number of amides is 1. The van der Waals surface area contributed by atoms with E-state index in [1.54, 1.807) is 6.07 Å². The van der Waals surface area contributed by atoms with Crippen molar-refractivity contribution in [2.75, 3.05) is 19.6 Å². The van der Waals surface area contributed by atoms with E-state index in [4.69, 9.17) is 0 Å². The molecule has 0 spiro atoms. The summed E-state index contributed by atoms with van der Waals surface area (Å²) in [5, 5.41) is 0. The van der Waals surface area contributed by atoms with E-state index in [-0.39, 0.29) is 23.7 Å². The molecule has 1 aromatic carbocycles. The van der Waals surface area contributed by atoms with Gasteiger partial charge in [-0.2, -0.15) is 0 Å². The number of aryl methyl sites for hydroxylation is 1. The van der Waals surface area contributed by atoms with Gasteiger partial charge in [0, 0.05) is 38.6 Å². The number of hydrogen-bond acceptors (Lipinski definition) is 4. The monoisotopic (exact) mass is 371 g/mol. The van der Waals surface area contributed by atoms with E-state index in [9.17, 15) is 9.18 Å². The first-order chi connectivity index (χ1) is 13.1. The first-order valence-electron chi connectivity index (χ1n) is 9.62. The van der Waals surface area contributed by atoms with E-state index in [1.165, 1.54) is 12.1 Å². The summed E-state index contributed by atoms with van der Waals surface area (Å²) in [6, 6.07) is 6.29. The molecule has 144 valence electrons. The number of hydrogen-bond donors (Lipinski definition) is 2. The van der Waals surface area contributed by atoms with Crippen LogP contribution >= 0.6 is 0 Å². The molecule has 0 aliphatic carbocycles. The minimum absolute atomic E-state index is 0.147. The highest BCUT2D eigenvalue weighted by Crippen LogP contribution is 2.29. The number of likely N-dealkylation sites (tertiary alicyclic amines) is 1. The molecule has 1 aromatic heterocycles. The molecular formula is C20H26FN5O. The van der Waals surface area contributed by atoms with Gasteiger partial charge >= 0.3 is 0 Å². The second-order valence-corrected chi connectivity index (χ2v) is 7.58. The number of nitrogens with one attached hydrogen (secondary N) is 2. The van der Waals surface area contributed by atoms with Gasteiger partial charge in [0.2, 0.25) is 5.91 Å². The average Bonchev–Trinajstić information content (AvgIpc) is 3.31. The highest BCUT2D eigenvalue weighted by atomic mass is 19.1. The van der Waals surface area contributed by atoms with Crippen molar-refractivity contribution in [1.29, 1.82) is 0 Å². The van der Waals surface area contributed by atoms with Crippen LogP contribution in [-0.2, 0) is 11.3 Å². The molecule has 0 saturated carbocycles. The molecule has 2 aromatic rings. The van der Waals surface area contributed by atoms with Crippen LogP contribution in [0.15, 0.2) is 36.7 Å². The fraction of sp³-hybridized carbons (Fsp3) is 0.500. The zero-order chi connectivity index (χ0) is 18.8. The lowest BCUT2D eigenvalue weighted by molar-refractivity contribution is -0.137. The minimum Gasteiger partial charge on any atom is -0.342 e. The number of piperidine rings is 1. The Morgan fingerprint density at radius 2 is 2.30 bits per heavy atom. The molecule has 2 fully saturated rings. The number of aromatic nitrogens is 2. The van der Waals surface area contributed by atoms with E-state index < -0.39 is 0 Å². The fourth-order valence-electron chi connectivity index (χ4n) is 4.27. The van der Waals surface area contributed by atoms with Crippen molar-refractivity contribution in [3.63, 3.8) is 0 Å². The van der Waals surface area contributed by atoms with E-state index in [0.717, 1.165) is 43.9 Å². The highest BCUT2D eigenvalue weighted by Gasteiger charge is 2.38. The lowest BCUT2D eigenvalue weighted by Gasteiger charge is -2.35. The zero-order valence-electron chi connectivity index (χ0n) is 15.6. The summed E-state index contributed by atoms with van der Waals surface area (Å²) in [4.78, 5) is 19.5. The number of hydrazine groups is 1. The Morgan fingerprint density at radius 1 is 1.41 bits per heavy atom. The summed E-state index contributed by atoms with van der Waals surface area (Å²) >= 11 is 0. The van der Waals surface area contributed by atoms with Gasteiger partial charge in [-0.15, -0.1) is 0 Å². The molecule has 27 heavy (non-hydrogen) atoms. The third kappa shape index (κ3) is 3.89. The molecule has 2 aliphatic rings. The van der Waals surface area contributed by atoms with E-state index in [1.807, 2.05) is 30.3 Å². The molecule has 0 radical (unpaired) electrons. The minimum atomic E-state index is -0.277. The summed E-state index contributed by atoms with van der Waals surface area (Å²) in [7, 11) is 0. The highest BCUT2D eigenvalue weighted by molar-refractivity contribution is 5.80. The maximum Gasteiger partial charge on any atom is 0.229 e. The standard InChI is InChI=1S/C20H26FN5O/c1-14-22-7-9-25(14)12-15-4-3-8-26(13-15)20(27)18-11-23-24-19(18)16-5-2-6-17(21)10-16/h2,5-7,9-10,15,18-19,23-24H,3-4,8,11-13H2,1H3. The third-order valence-electron chi connectivity index (χ3n) is 5.72. The predicted molar refractivity (Wildman–Crippen MR) is 100 cm³/mol. The van der Waals surface area contributed by atoms with Crippen LogP contribution in [-0.4, -0.2) is 40.0 Å². The first-order valence-corrected chi connectivity index (χ1v) is 9.62. The maximum atomic E-state index is 13.6. The molecule has 2 aliphatic heterocycles. The second-order valence-electron chi connectivity index (χ2n) is 7.58. The number of benzene rings is 1. The second kappa shape index (κ2) is 7.78. The van der Waals surface area contributed by atoms with Gasteiger partial charge < -0.3 is 9.47 Å². The molecule has 2 N–H and O–H groups in total. The number of halogens is 1. The van der Waals surface area contributed by atoms with Crippen LogP contribution in [0.25, 0.3) is 0 Å². The summed E-state index contributed by atoms with van der Waals surface area (Å²) in [6.07, 6.45) is 5.96. The maximum absolute atomic E-state index is 13.6. The molecule has 7 heteroatoms. The smallest absolute Gasteiger partial charge is 0.229 e. The molecule has 1 amide bonds. The molecule has 6 nitrogen and oxygen atoms in total. The quantitative estimate of drug-likeness (QED) is 0.863. The molecule has 2 saturated heterocycles. The summed E-state index contributed by atoms with van der Waals surface area (Å²) < 4.78 is 15.8. The van der Waals surface area contributed by atoms with Gasteiger partial charge in [-0.25, -0.2) is 14.8 Å². The molecule has 4 rings (SSSR count). The molecule has 0 bridgehead atoms. The van der Waals surface area contributed by atoms with Gasteiger partial charge in [-0.1, -0.05) is 12.1 Å². The Hall–Kier alpha value is -2.25. The van der Waals surface area contributed by atoms with Crippen LogP contribution in [0.1, 0.15) is 30.3 Å². The van der Waals surface area contributed by atoms with Crippen LogP contribution in [0.5, 0.6) is 0 Å². The van der Waals surface area contributed by atoms with Crippen molar-refractivity contribution in [1.82, 2.24) is 25.3 Å². The Kier molecular flexibility index (Phi) is 5.22. The number of carbonyl (C=O) groups is 1. The first kappa shape index (κ1) is 18.1. The SMILES string of the molecule is Cc1nccn1CC1CCCN(C(=O)C2CNNC2c2cccc(F)c2)C1. The average molecular weight is 371 g/mol. The van der Waals surface area contributed by atoms with Crippen molar-refractivity contribution in [3.8, 4) is 0 Å². The van der Waals surface area contributed by atoms with Crippen LogP contribution in [0.2, 0.25) is 0 Å². The largest absolute Gasteiger partial charge is 0.342 e. The molecule has 3 atom stereocenters. The van der Waals surface area contributed by atoms with E-state index >= 15 is 0 Å². The summed E-state index contributed by atoms with van der Waals surface area (Å²) in [6.45, 7) is 5.02. The van der Waals surface area contributed by atoms with Crippen molar-refractivity contribution in [2.45, 2.75) is 32.4 Å². The Bertz CT molecular complexity index is 807. The van der Waals surface area contributed by atoms with Crippen LogP contribution in [0.3, 0.4) is 0 Å². The normalized spacial score (nSPS) is 25.7. The van der Waals surface area contributed by atoms with Crippen LogP contribution in [0.4, 0.5) is 4.39 Å². The van der Waals surface area contributed by atoms with Crippen molar-refractivity contribution in [2.24, 2.45) is 11.8 Å². The fourth-order valence-corrected chi connectivity index (χ4v) is 4.27. The lowest BCUT2D eigenvalue weighted by atomic mass is 9.91. The summed E-state index contributed by atoms with van der Waals surface area (Å²) in [5.74, 6) is 1.09. The van der Waals surface area contributed by atoms with Crippen LogP contribution in [0, 0.1) is 24.6 Å². The number of carbonyl (C=O) groups excluding carboxylic acids is 1. The Balaban J connectivity index is 1.44. The van der Waals surface area contributed by atoms with Crippen molar-refractivity contribution >= 4 is 5.91 Å². The Morgan fingerprint density at radius 3 is 3.07 bits per heavy atom. The van der Waals surface area contributed by atoms with Crippen LogP contribution < -0.4 is 10.9 Å². The lowest BCUT2D eigenvalue weighted by Crippen LogP contribution is -2.45. The Labute approximate surface area is 158 Å². The van der Waals surface area contributed by atoms with Gasteiger partial charge in [0.05, 0.1) is 12.0 Å². The van der Waals surface area contributed by atoms with Crippen molar-refractivity contribution in [3.05, 3.63) is 53.9 Å². The van der Waals surface area contributed by atoms with Gasteiger partial charge in [-0.05, 0) is 43.4 Å². The molecular weight excluding hydrogens is 345 g/mol. The third-order valence-corrected chi connectivity index (χ3v) is 5.72. The molecule has 3 heterocycles. The van der Waals surface area contributed by atoms with Gasteiger partial charge in [0.1, 0.15) is 11.6 Å². The number of imidazole rings is 1. The van der Waals surface area contributed by atoms with Gasteiger partial charge in [-0.3, -0.25) is 10.2 Å². The van der Waals surface area contributed by atoms with Crippen molar-refractivity contribution < 1.29 is 9.18 Å². The van der Waals surface area contributed by atoms with E-state index in [0.29, 0.717) is 12.5 Å². The van der Waals surface area contributed by atoms with Gasteiger partial charge in [0.25, 0.3) is 0 Å². The number of nitrogens with zero attached hydrogens (tertiary/aromatic N) is 3.